The molecule has 3 aromatic rings. The standard InChI is InChI=1S/C24H22N2OS2/c27-23(18-29-24-25-22-14-8-7-13-21(22)17-28-24)26(15-19-9-3-1-4-10-19)16-20-11-5-2-6-12-20/h1-14H,15-18H2. The Bertz CT molecular complexity index is 949. The van der Waals surface area contributed by atoms with Crippen molar-refractivity contribution in [2.24, 2.45) is 4.99 Å². The molecule has 29 heavy (non-hydrogen) atoms. The van der Waals surface area contributed by atoms with Gasteiger partial charge in [-0.3, -0.25) is 4.79 Å². The molecule has 0 aromatic heterocycles. The topological polar surface area (TPSA) is 32.7 Å². The van der Waals surface area contributed by atoms with Crippen molar-refractivity contribution < 1.29 is 4.79 Å². The number of amides is 1. The van der Waals surface area contributed by atoms with Gasteiger partial charge < -0.3 is 4.90 Å². The number of para-hydroxylation sites is 1. The lowest BCUT2D eigenvalue weighted by Crippen LogP contribution is -2.31. The quantitative estimate of drug-likeness (QED) is 0.501. The summed E-state index contributed by atoms with van der Waals surface area (Å²) in [4.78, 5) is 19.7. The molecule has 5 heteroatoms. The van der Waals surface area contributed by atoms with Crippen LogP contribution in [0.1, 0.15) is 16.7 Å². The summed E-state index contributed by atoms with van der Waals surface area (Å²) in [6, 6.07) is 28.5. The number of benzene rings is 3. The van der Waals surface area contributed by atoms with E-state index < -0.39 is 0 Å². The lowest BCUT2D eigenvalue weighted by atomic mass is 10.1. The largest absolute Gasteiger partial charge is 0.333 e. The van der Waals surface area contributed by atoms with Crippen LogP contribution in [0.3, 0.4) is 0 Å². The second-order valence-corrected chi connectivity index (χ2v) is 8.99. The zero-order valence-corrected chi connectivity index (χ0v) is 17.7. The van der Waals surface area contributed by atoms with Crippen molar-refractivity contribution in [2.45, 2.75) is 18.8 Å². The van der Waals surface area contributed by atoms with Crippen molar-refractivity contribution in [3.63, 3.8) is 0 Å². The normalized spacial score (nSPS) is 12.8. The molecular weight excluding hydrogens is 396 g/mol. The molecule has 0 bridgehead atoms. The Kier molecular flexibility index (Phi) is 6.70. The van der Waals surface area contributed by atoms with Crippen LogP contribution in [0, 0.1) is 0 Å². The molecule has 0 aliphatic carbocycles. The van der Waals surface area contributed by atoms with Gasteiger partial charge in [0.1, 0.15) is 4.38 Å². The minimum absolute atomic E-state index is 0.130. The lowest BCUT2D eigenvalue weighted by Gasteiger charge is -2.23. The van der Waals surface area contributed by atoms with Crippen molar-refractivity contribution in [3.8, 4) is 0 Å². The van der Waals surface area contributed by atoms with Crippen LogP contribution in [0.2, 0.25) is 0 Å². The highest BCUT2D eigenvalue weighted by Gasteiger charge is 2.18. The van der Waals surface area contributed by atoms with Crippen LogP contribution in [0.25, 0.3) is 0 Å². The first-order valence-corrected chi connectivity index (χ1v) is 11.5. The van der Waals surface area contributed by atoms with Crippen LogP contribution < -0.4 is 0 Å². The average molecular weight is 419 g/mol. The summed E-state index contributed by atoms with van der Waals surface area (Å²) in [7, 11) is 0. The number of fused-ring (bicyclic) bond motifs is 1. The molecule has 3 nitrogen and oxygen atoms in total. The zero-order valence-electron chi connectivity index (χ0n) is 16.0. The molecule has 146 valence electrons. The SMILES string of the molecule is O=C(CSC1=Nc2ccccc2CS1)N(Cc1ccccc1)Cc1ccccc1. The summed E-state index contributed by atoms with van der Waals surface area (Å²) in [5.41, 5.74) is 4.55. The van der Waals surface area contributed by atoms with Crippen LogP contribution in [-0.4, -0.2) is 20.9 Å². The van der Waals surface area contributed by atoms with Gasteiger partial charge in [0.25, 0.3) is 0 Å². The Morgan fingerprint density at radius 2 is 1.45 bits per heavy atom. The Morgan fingerprint density at radius 1 is 0.862 bits per heavy atom. The van der Waals surface area contributed by atoms with E-state index in [-0.39, 0.29) is 5.91 Å². The second-order valence-electron chi connectivity index (χ2n) is 6.80. The minimum Gasteiger partial charge on any atom is -0.333 e. The molecule has 0 atom stereocenters. The van der Waals surface area contributed by atoms with Crippen LogP contribution in [0.15, 0.2) is 89.9 Å². The van der Waals surface area contributed by atoms with Gasteiger partial charge >= 0.3 is 0 Å². The average Bonchev–Trinajstić information content (AvgIpc) is 2.78. The molecule has 1 aliphatic heterocycles. The van der Waals surface area contributed by atoms with E-state index in [0.29, 0.717) is 18.8 Å². The number of hydrogen-bond acceptors (Lipinski definition) is 4. The monoisotopic (exact) mass is 418 g/mol. The highest BCUT2D eigenvalue weighted by molar-refractivity contribution is 8.38. The molecule has 0 radical (unpaired) electrons. The molecule has 0 saturated heterocycles. The maximum absolute atomic E-state index is 13.1. The first kappa shape index (κ1) is 19.8. The zero-order chi connectivity index (χ0) is 19.9. The summed E-state index contributed by atoms with van der Waals surface area (Å²) in [6.45, 7) is 1.22. The molecule has 0 fully saturated rings. The Balaban J connectivity index is 1.44. The van der Waals surface area contributed by atoms with E-state index in [1.54, 1.807) is 23.5 Å². The molecule has 0 N–H and O–H groups in total. The van der Waals surface area contributed by atoms with Crippen LogP contribution in [0.5, 0.6) is 0 Å². The summed E-state index contributed by atoms with van der Waals surface area (Å²) in [6.07, 6.45) is 0. The number of carbonyl (C=O) groups excluding carboxylic acids is 1. The van der Waals surface area contributed by atoms with E-state index in [9.17, 15) is 4.79 Å². The second kappa shape index (κ2) is 9.81. The first-order valence-electron chi connectivity index (χ1n) is 9.56. The van der Waals surface area contributed by atoms with Crippen molar-refractivity contribution in [3.05, 3.63) is 102 Å². The number of aliphatic imine (C=N–C) groups is 1. The van der Waals surface area contributed by atoms with Gasteiger partial charge in [0.2, 0.25) is 5.91 Å². The molecule has 0 spiro atoms. The van der Waals surface area contributed by atoms with Crippen molar-refractivity contribution >= 4 is 39.5 Å². The van der Waals surface area contributed by atoms with Gasteiger partial charge in [-0.05, 0) is 22.8 Å². The van der Waals surface area contributed by atoms with Gasteiger partial charge in [0.15, 0.2) is 0 Å². The lowest BCUT2D eigenvalue weighted by molar-refractivity contribution is -0.129. The molecule has 0 saturated carbocycles. The fourth-order valence-corrected chi connectivity index (χ4v) is 5.11. The molecule has 1 amide bonds. The van der Waals surface area contributed by atoms with Crippen molar-refractivity contribution in [1.82, 2.24) is 4.90 Å². The third kappa shape index (κ3) is 5.52. The van der Waals surface area contributed by atoms with Gasteiger partial charge in [-0.1, -0.05) is 102 Å². The maximum Gasteiger partial charge on any atom is 0.233 e. The van der Waals surface area contributed by atoms with Crippen LogP contribution >= 0.6 is 23.5 Å². The predicted octanol–water partition coefficient (Wildman–Crippen LogP) is 5.88. The number of carbonyl (C=O) groups is 1. The van der Waals surface area contributed by atoms with Gasteiger partial charge in [-0.25, -0.2) is 4.99 Å². The van der Waals surface area contributed by atoms with Gasteiger partial charge in [-0.15, -0.1) is 0 Å². The highest BCUT2D eigenvalue weighted by atomic mass is 32.2. The van der Waals surface area contributed by atoms with Crippen LogP contribution in [0.4, 0.5) is 5.69 Å². The van der Waals surface area contributed by atoms with E-state index in [1.807, 2.05) is 59.5 Å². The molecule has 0 unspecified atom stereocenters. The van der Waals surface area contributed by atoms with Gasteiger partial charge in [-0.2, -0.15) is 0 Å². The molecule has 1 heterocycles. The first-order chi connectivity index (χ1) is 14.3. The Labute approximate surface area is 180 Å². The molecule has 4 rings (SSSR count). The number of nitrogens with zero attached hydrogens (tertiary/aromatic N) is 2. The summed E-state index contributed by atoms with van der Waals surface area (Å²) < 4.78 is 0.969. The van der Waals surface area contributed by atoms with Crippen molar-refractivity contribution in [2.75, 3.05) is 5.75 Å². The van der Waals surface area contributed by atoms with E-state index >= 15 is 0 Å². The highest BCUT2D eigenvalue weighted by Crippen LogP contribution is 2.34. The van der Waals surface area contributed by atoms with Gasteiger partial charge in [0.05, 0.1) is 11.4 Å². The number of rotatable bonds is 6. The Hall–Kier alpha value is -2.50. The van der Waals surface area contributed by atoms with E-state index in [0.717, 1.165) is 26.9 Å². The smallest absolute Gasteiger partial charge is 0.233 e. The van der Waals surface area contributed by atoms with E-state index in [2.05, 4.69) is 30.3 Å². The summed E-state index contributed by atoms with van der Waals surface area (Å²) in [5, 5.41) is 0. The van der Waals surface area contributed by atoms with E-state index in [4.69, 9.17) is 4.99 Å². The predicted molar refractivity (Wildman–Crippen MR) is 124 cm³/mol. The minimum atomic E-state index is 0.130. The number of hydrogen-bond donors (Lipinski definition) is 0. The molecule has 3 aromatic carbocycles. The molecule has 1 aliphatic rings. The fourth-order valence-electron chi connectivity index (χ4n) is 3.14. The maximum atomic E-state index is 13.1. The Morgan fingerprint density at radius 3 is 2.10 bits per heavy atom. The number of thioether (sulfide) groups is 2. The molecular formula is C24H22N2OS2. The van der Waals surface area contributed by atoms with E-state index in [1.165, 1.54) is 5.56 Å². The fraction of sp³-hybridized carbons (Fsp3) is 0.167. The van der Waals surface area contributed by atoms with Crippen molar-refractivity contribution in [1.29, 1.82) is 0 Å². The van der Waals surface area contributed by atoms with Crippen LogP contribution in [-0.2, 0) is 23.6 Å². The van der Waals surface area contributed by atoms with Gasteiger partial charge in [0, 0.05) is 18.8 Å². The third-order valence-corrected chi connectivity index (χ3v) is 6.89. The summed E-state index contributed by atoms with van der Waals surface area (Å²) >= 11 is 3.25. The summed E-state index contributed by atoms with van der Waals surface area (Å²) in [5.74, 6) is 1.44. The third-order valence-electron chi connectivity index (χ3n) is 4.66.